The van der Waals surface area contributed by atoms with Crippen molar-refractivity contribution in [2.75, 3.05) is 19.7 Å². The van der Waals surface area contributed by atoms with Crippen LogP contribution in [0.15, 0.2) is 10.2 Å². The summed E-state index contributed by atoms with van der Waals surface area (Å²) in [7, 11) is 0. The normalized spacial score (nSPS) is 11.1. The largest absolute Gasteiger partial charge is 0.394 e. The topological polar surface area (TPSA) is 45.0 Å². The summed E-state index contributed by atoms with van der Waals surface area (Å²) in [6.07, 6.45) is 4.92. The molecule has 0 bridgehead atoms. The van der Waals surface area contributed by atoms with Gasteiger partial charge in [0.1, 0.15) is 0 Å². The van der Waals surface area contributed by atoms with Gasteiger partial charge in [-0.2, -0.15) is 10.2 Å². The third-order valence-corrected chi connectivity index (χ3v) is 1.41. The fourth-order valence-corrected chi connectivity index (χ4v) is 0.795. The van der Waals surface area contributed by atoms with Crippen LogP contribution in [-0.4, -0.2) is 24.8 Å². The first-order chi connectivity index (χ1) is 5.41. The van der Waals surface area contributed by atoms with Crippen LogP contribution in [0, 0.1) is 0 Å². The molecule has 0 heterocycles. The van der Waals surface area contributed by atoms with Gasteiger partial charge in [0.25, 0.3) is 0 Å². The van der Waals surface area contributed by atoms with E-state index in [9.17, 15) is 0 Å². The van der Waals surface area contributed by atoms with E-state index in [1.807, 2.05) is 0 Å². The third kappa shape index (κ3) is 9.56. The molecule has 0 amide bonds. The van der Waals surface area contributed by atoms with Crippen molar-refractivity contribution < 1.29 is 5.11 Å². The van der Waals surface area contributed by atoms with E-state index in [-0.39, 0.29) is 6.61 Å². The Balaban J connectivity index is 2.89. The molecule has 0 spiro atoms. The number of unbranched alkanes of at least 4 members (excludes halogenated alkanes) is 3. The molecule has 3 nitrogen and oxygen atoms in total. The molecule has 3 heteroatoms. The molecule has 11 heavy (non-hydrogen) atoms. The Kier molecular flexibility index (Phi) is 9.18. The first kappa shape index (κ1) is 10.6. The lowest BCUT2D eigenvalue weighted by Gasteiger charge is -1.92. The van der Waals surface area contributed by atoms with Crippen LogP contribution in [0.1, 0.15) is 32.6 Å². The summed E-state index contributed by atoms with van der Waals surface area (Å²) >= 11 is 0. The summed E-state index contributed by atoms with van der Waals surface area (Å²) in [6.45, 7) is 3.57. The zero-order valence-corrected chi connectivity index (χ0v) is 7.29. The first-order valence-corrected chi connectivity index (χ1v) is 4.36. The average molecular weight is 158 g/mol. The molecule has 1 N–H and O–H groups in total. The fourth-order valence-electron chi connectivity index (χ4n) is 0.795. The first-order valence-electron chi connectivity index (χ1n) is 4.36. The van der Waals surface area contributed by atoms with Crippen molar-refractivity contribution in [3.8, 4) is 0 Å². The highest BCUT2D eigenvalue weighted by Gasteiger charge is 1.84. The minimum Gasteiger partial charge on any atom is -0.394 e. The van der Waals surface area contributed by atoms with Crippen LogP contribution in [0.3, 0.4) is 0 Å². The molecule has 0 atom stereocenters. The highest BCUT2D eigenvalue weighted by atomic mass is 16.3. The summed E-state index contributed by atoms with van der Waals surface area (Å²) in [5, 5.41) is 16.0. The number of nitrogens with zero attached hydrogens (tertiary/aromatic N) is 2. The van der Waals surface area contributed by atoms with Crippen molar-refractivity contribution in [1.29, 1.82) is 0 Å². The molecule has 0 fully saturated rings. The molecule has 0 unspecified atom stereocenters. The van der Waals surface area contributed by atoms with Crippen LogP contribution < -0.4 is 0 Å². The van der Waals surface area contributed by atoms with Gasteiger partial charge in [0.15, 0.2) is 0 Å². The molecule has 0 rings (SSSR count). The molecule has 0 saturated heterocycles. The number of azo groups is 1. The van der Waals surface area contributed by atoms with E-state index >= 15 is 0 Å². The SMILES string of the molecule is CCCCCCN=NCCO. The number of aliphatic hydroxyl groups excluding tert-OH is 1. The summed E-state index contributed by atoms with van der Waals surface area (Å²) in [4.78, 5) is 0. The zero-order valence-electron chi connectivity index (χ0n) is 7.29. The van der Waals surface area contributed by atoms with E-state index in [0.717, 1.165) is 13.0 Å². The van der Waals surface area contributed by atoms with Gasteiger partial charge in [-0.25, -0.2) is 0 Å². The molecule has 66 valence electrons. The summed E-state index contributed by atoms with van der Waals surface area (Å²) in [5.41, 5.74) is 0. The van der Waals surface area contributed by atoms with Gasteiger partial charge in [-0.1, -0.05) is 26.2 Å². The van der Waals surface area contributed by atoms with Crippen LogP contribution >= 0.6 is 0 Å². The Bertz CT molecular complexity index is 94.1. The van der Waals surface area contributed by atoms with Gasteiger partial charge in [0.05, 0.1) is 19.7 Å². The minimum atomic E-state index is 0.110. The van der Waals surface area contributed by atoms with E-state index in [0.29, 0.717) is 6.54 Å². The minimum absolute atomic E-state index is 0.110. The quantitative estimate of drug-likeness (QED) is 0.447. The standard InChI is InChI=1S/C8H18N2O/c1-2-3-4-5-6-9-10-7-8-11/h11H,2-8H2,1H3. The Morgan fingerprint density at radius 3 is 2.36 bits per heavy atom. The van der Waals surface area contributed by atoms with Gasteiger partial charge < -0.3 is 5.11 Å². The predicted molar refractivity (Wildman–Crippen MR) is 45.8 cm³/mol. The molecule has 0 saturated carbocycles. The summed E-state index contributed by atoms with van der Waals surface area (Å²) < 4.78 is 0. The molecule has 0 aliphatic carbocycles. The van der Waals surface area contributed by atoms with Crippen LogP contribution in [0.2, 0.25) is 0 Å². The Hall–Kier alpha value is -0.440. The van der Waals surface area contributed by atoms with Crippen molar-refractivity contribution in [2.45, 2.75) is 32.6 Å². The molecule has 0 aromatic heterocycles. The average Bonchev–Trinajstić information content (AvgIpc) is 2.03. The molecular weight excluding hydrogens is 140 g/mol. The number of rotatable bonds is 7. The second kappa shape index (κ2) is 9.56. The fraction of sp³-hybridized carbons (Fsp3) is 1.00. The van der Waals surface area contributed by atoms with Crippen LogP contribution in [0.4, 0.5) is 0 Å². The monoisotopic (exact) mass is 158 g/mol. The van der Waals surface area contributed by atoms with Gasteiger partial charge in [0.2, 0.25) is 0 Å². The lowest BCUT2D eigenvalue weighted by atomic mass is 10.2. The van der Waals surface area contributed by atoms with Crippen LogP contribution in [0.5, 0.6) is 0 Å². The van der Waals surface area contributed by atoms with Gasteiger partial charge >= 0.3 is 0 Å². The maximum Gasteiger partial charge on any atom is 0.0830 e. The molecule has 0 aromatic rings. The van der Waals surface area contributed by atoms with Crippen LogP contribution in [-0.2, 0) is 0 Å². The van der Waals surface area contributed by atoms with Gasteiger partial charge in [-0.3, -0.25) is 0 Å². The number of hydrogen-bond acceptors (Lipinski definition) is 3. The third-order valence-electron chi connectivity index (χ3n) is 1.41. The predicted octanol–water partition coefficient (Wildman–Crippen LogP) is 2.01. The highest BCUT2D eigenvalue weighted by Crippen LogP contribution is 1.98. The maximum atomic E-state index is 8.35. The van der Waals surface area contributed by atoms with E-state index < -0.39 is 0 Å². The van der Waals surface area contributed by atoms with E-state index in [2.05, 4.69) is 17.2 Å². The maximum absolute atomic E-state index is 8.35. The van der Waals surface area contributed by atoms with Gasteiger partial charge in [-0.05, 0) is 6.42 Å². The molecular formula is C8H18N2O. The van der Waals surface area contributed by atoms with E-state index in [1.165, 1.54) is 19.3 Å². The summed E-state index contributed by atoms with van der Waals surface area (Å²) in [5.74, 6) is 0. The number of aliphatic hydroxyl groups is 1. The molecule has 0 aromatic carbocycles. The Labute approximate surface area is 68.5 Å². The van der Waals surface area contributed by atoms with Gasteiger partial charge in [0, 0.05) is 0 Å². The second-order valence-corrected chi connectivity index (χ2v) is 2.51. The molecule has 0 radical (unpaired) electrons. The van der Waals surface area contributed by atoms with E-state index in [4.69, 9.17) is 5.11 Å². The summed E-state index contributed by atoms with van der Waals surface area (Å²) in [6, 6.07) is 0. The van der Waals surface area contributed by atoms with Crippen molar-refractivity contribution >= 4 is 0 Å². The van der Waals surface area contributed by atoms with Crippen molar-refractivity contribution in [1.82, 2.24) is 0 Å². The van der Waals surface area contributed by atoms with E-state index in [1.54, 1.807) is 0 Å². The Morgan fingerprint density at radius 1 is 1.00 bits per heavy atom. The molecule has 0 aliphatic heterocycles. The second-order valence-electron chi connectivity index (χ2n) is 2.51. The zero-order chi connectivity index (χ0) is 8.36. The smallest absolute Gasteiger partial charge is 0.0830 e. The molecule has 0 aliphatic rings. The Morgan fingerprint density at radius 2 is 1.73 bits per heavy atom. The highest BCUT2D eigenvalue weighted by molar-refractivity contribution is 4.43. The van der Waals surface area contributed by atoms with Gasteiger partial charge in [-0.15, -0.1) is 0 Å². The van der Waals surface area contributed by atoms with Crippen molar-refractivity contribution in [3.05, 3.63) is 0 Å². The lowest BCUT2D eigenvalue weighted by Crippen LogP contribution is -1.86. The van der Waals surface area contributed by atoms with Crippen molar-refractivity contribution in [3.63, 3.8) is 0 Å². The number of hydrogen-bond donors (Lipinski definition) is 1. The van der Waals surface area contributed by atoms with Crippen LogP contribution in [0.25, 0.3) is 0 Å². The lowest BCUT2D eigenvalue weighted by molar-refractivity contribution is 0.304. The van der Waals surface area contributed by atoms with Crippen molar-refractivity contribution in [2.24, 2.45) is 10.2 Å².